The van der Waals surface area contributed by atoms with E-state index in [1.54, 1.807) is 20.2 Å². The Bertz CT molecular complexity index is 419. The molecule has 1 unspecified atom stereocenters. The van der Waals surface area contributed by atoms with E-state index in [-0.39, 0.29) is 23.3 Å². The third kappa shape index (κ3) is 3.13. The first kappa shape index (κ1) is 14.3. The average Bonchev–Trinajstić information content (AvgIpc) is 2.38. The predicted molar refractivity (Wildman–Crippen MR) is 68.1 cm³/mol. The first-order valence-corrected chi connectivity index (χ1v) is 5.64. The number of nitrogens with zero attached hydrogens (tertiary/aromatic N) is 1. The molecule has 18 heavy (non-hydrogen) atoms. The molecule has 5 heteroatoms. The van der Waals surface area contributed by atoms with E-state index in [9.17, 15) is 9.90 Å². The van der Waals surface area contributed by atoms with Crippen LogP contribution in [0.2, 0.25) is 0 Å². The van der Waals surface area contributed by atoms with Crippen molar-refractivity contribution < 1.29 is 19.4 Å². The fourth-order valence-corrected chi connectivity index (χ4v) is 1.56. The molecule has 0 saturated carbocycles. The van der Waals surface area contributed by atoms with Crippen LogP contribution in [0.1, 0.15) is 17.3 Å². The lowest BCUT2D eigenvalue weighted by molar-refractivity contribution is 0.0630. The number of phenolic OH excluding ortho intramolecular Hbond substituents is 1. The van der Waals surface area contributed by atoms with Gasteiger partial charge in [-0.3, -0.25) is 4.79 Å². The summed E-state index contributed by atoms with van der Waals surface area (Å²) in [7, 11) is 4.76. The molecule has 0 fully saturated rings. The lowest BCUT2D eigenvalue weighted by atomic mass is 10.1. The van der Waals surface area contributed by atoms with Gasteiger partial charge >= 0.3 is 0 Å². The van der Waals surface area contributed by atoms with E-state index in [2.05, 4.69) is 0 Å². The molecular formula is C13H19NO4. The van der Waals surface area contributed by atoms with Crippen molar-refractivity contribution in [3.05, 3.63) is 23.8 Å². The van der Waals surface area contributed by atoms with Crippen LogP contribution in [-0.4, -0.2) is 49.8 Å². The molecule has 0 aromatic heterocycles. The quantitative estimate of drug-likeness (QED) is 0.864. The standard InChI is InChI=1S/C13H19NO4/c1-9(8-17-3)14(2)13(16)11-7-10(18-4)5-6-12(11)15/h5-7,9,15H,8H2,1-4H3. The van der Waals surface area contributed by atoms with Crippen molar-refractivity contribution >= 4 is 5.91 Å². The third-order valence-corrected chi connectivity index (χ3v) is 2.82. The van der Waals surface area contributed by atoms with E-state index in [1.807, 2.05) is 6.92 Å². The Hall–Kier alpha value is -1.75. The second-order valence-electron chi connectivity index (χ2n) is 4.10. The fourth-order valence-electron chi connectivity index (χ4n) is 1.56. The summed E-state index contributed by atoms with van der Waals surface area (Å²) in [5.41, 5.74) is 0.222. The number of hydrogen-bond acceptors (Lipinski definition) is 4. The molecule has 1 aromatic rings. The number of rotatable bonds is 5. The van der Waals surface area contributed by atoms with Crippen molar-refractivity contribution in [2.45, 2.75) is 13.0 Å². The maximum atomic E-state index is 12.2. The number of carbonyl (C=O) groups is 1. The second kappa shape index (κ2) is 6.26. The number of aromatic hydroxyl groups is 1. The zero-order valence-electron chi connectivity index (χ0n) is 11.1. The molecule has 0 heterocycles. The van der Waals surface area contributed by atoms with Gasteiger partial charge in [0.05, 0.1) is 25.3 Å². The molecule has 0 saturated heterocycles. The molecule has 0 aliphatic rings. The Kier molecular flexibility index (Phi) is 4.97. The van der Waals surface area contributed by atoms with E-state index in [4.69, 9.17) is 9.47 Å². The summed E-state index contributed by atoms with van der Waals surface area (Å²) >= 11 is 0. The van der Waals surface area contributed by atoms with Crippen molar-refractivity contribution in [1.82, 2.24) is 4.90 Å². The highest BCUT2D eigenvalue weighted by atomic mass is 16.5. The molecule has 0 aliphatic heterocycles. The van der Waals surface area contributed by atoms with Crippen molar-refractivity contribution in [3.63, 3.8) is 0 Å². The van der Waals surface area contributed by atoms with Crippen LogP contribution < -0.4 is 4.74 Å². The monoisotopic (exact) mass is 253 g/mol. The van der Waals surface area contributed by atoms with Crippen LogP contribution in [0.4, 0.5) is 0 Å². The van der Waals surface area contributed by atoms with E-state index in [1.165, 1.54) is 24.1 Å². The van der Waals surface area contributed by atoms with Gasteiger partial charge in [0.1, 0.15) is 11.5 Å². The zero-order chi connectivity index (χ0) is 13.7. The topological polar surface area (TPSA) is 59.0 Å². The number of amides is 1. The SMILES string of the molecule is COCC(C)N(C)C(=O)c1cc(OC)ccc1O. The summed E-state index contributed by atoms with van der Waals surface area (Å²) in [5, 5.41) is 9.73. The summed E-state index contributed by atoms with van der Waals surface area (Å²) in [6, 6.07) is 4.49. The zero-order valence-corrected chi connectivity index (χ0v) is 11.1. The third-order valence-electron chi connectivity index (χ3n) is 2.82. The Morgan fingerprint density at radius 2 is 2.11 bits per heavy atom. The molecule has 1 rings (SSSR count). The number of ether oxygens (including phenoxy) is 2. The number of methoxy groups -OCH3 is 2. The summed E-state index contributed by atoms with van der Waals surface area (Å²) in [4.78, 5) is 13.7. The van der Waals surface area contributed by atoms with Gasteiger partial charge < -0.3 is 19.5 Å². The maximum Gasteiger partial charge on any atom is 0.257 e. The molecule has 1 aromatic carbocycles. The van der Waals surface area contributed by atoms with Gasteiger partial charge in [0.2, 0.25) is 0 Å². The molecule has 1 amide bonds. The van der Waals surface area contributed by atoms with E-state index >= 15 is 0 Å². The second-order valence-corrected chi connectivity index (χ2v) is 4.10. The smallest absolute Gasteiger partial charge is 0.257 e. The van der Waals surface area contributed by atoms with Gasteiger partial charge in [0.15, 0.2) is 0 Å². The van der Waals surface area contributed by atoms with E-state index in [0.717, 1.165) is 0 Å². The van der Waals surface area contributed by atoms with Crippen LogP contribution in [0.5, 0.6) is 11.5 Å². The van der Waals surface area contributed by atoms with Crippen molar-refractivity contribution in [2.75, 3.05) is 27.9 Å². The Morgan fingerprint density at radius 1 is 1.44 bits per heavy atom. The summed E-state index contributed by atoms with van der Waals surface area (Å²) in [6.45, 7) is 2.31. The number of phenols is 1. The van der Waals surface area contributed by atoms with Gasteiger partial charge in [-0.2, -0.15) is 0 Å². The van der Waals surface area contributed by atoms with Gasteiger partial charge in [-0.05, 0) is 25.1 Å². The minimum atomic E-state index is -0.268. The van der Waals surface area contributed by atoms with Crippen LogP contribution in [0.15, 0.2) is 18.2 Å². The molecule has 0 spiro atoms. The molecule has 100 valence electrons. The number of hydrogen-bond donors (Lipinski definition) is 1. The molecule has 0 radical (unpaired) electrons. The first-order chi connectivity index (χ1) is 8.51. The molecule has 0 bridgehead atoms. The van der Waals surface area contributed by atoms with Gasteiger partial charge in [-0.1, -0.05) is 0 Å². The Balaban J connectivity index is 2.95. The van der Waals surface area contributed by atoms with Crippen LogP contribution in [-0.2, 0) is 4.74 Å². The Morgan fingerprint density at radius 3 is 2.67 bits per heavy atom. The molecule has 1 atom stereocenters. The highest BCUT2D eigenvalue weighted by Crippen LogP contribution is 2.24. The lowest BCUT2D eigenvalue weighted by Gasteiger charge is -2.24. The van der Waals surface area contributed by atoms with Crippen molar-refractivity contribution in [3.8, 4) is 11.5 Å². The average molecular weight is 253 g/mol. The summed E-state index contributed by atoms with van der Waals surface area (Å²) in [5.74, 6) is 0.206. The highest BCUT2D eigenvalue weighted by Gasteiger charge is 2.20. The number of benzene rings is 1. The van der Waals surface area contributed by atoms with Gasteiger partial charge in [-0.25, -0.2) is 0 Å². The fraction of sp³-hybridized carbons (Fsp3) is 0.462. The largest absolute Gasteiger partial charge is 0.507 e. The van der Waals surface area contributed by atoms with Gasteiger partial charge in [-0.15, -0.1) is 0 Å². The minimum absolute atomic E-state index is 0.0581. The number of carbonyl (C=O) groups excluding carboxylic acids is 1. The van der Waals surface area contributed by atoms with Crippen molar-refractivity contribution in [2.24, 2.45) is 0 Å². The van der Waals surface area contributed by atoms with Crippen LogP contribution in [0.25, 0.3) is 0 Å². The van der Waals surface area contributed by atoms with E-state index in [0.29, 0.717) is 12.4 Å². The van der Waals surface area contributed by atoms with E-state index < -0.39 is 0 Å². The Labute approximate surface area is 107 Å². The lowest BCUT2D eigenvalue weighted by Crippen LogP contribution is -2.37. The van der Waals surface area contributed by atoms with Gasteiger partial charge in [0.25, 0.3) is 5.91 Å². The minimum Gasteiger partial charge on any atom is -0.507 e. The number of likely N-dealkylation sites (N-methyl/N-ethyl adjacent to an activating group) is 1. The summed E-state index contributed by atoms with van der Waals surface area (Å²) < 4.78 is 10.0. The predicted octanol–water partition coefficient (Wildman–Crippen LogP) is 1.51. The highest BCUT2D eigenvalue weighted by molar-refractivity contribution is 5.97. The normalized spacial score (nSPS) is 12.0. The molecular weight excluding hydrogens is 234 g/mol. The maximum absolute atomic E-state index is 12.2. The van der Waals surface area contributed by atoms with Crippen LogP contribution in [0.3, 0.4) is 0 Å². The first-order valence-electron chi connectivity index (χ1n) is 5.64. The molecule has 5 nitrogen and oxygen atoms in total. The van der Waals surface area contributed by atoms with Crippen LogP contribution >= 0.6 is 0 Å². The van der Waals surface area contributed by atoms with Crippen molar-refractivity contribution in [1.29, 1.82) is 0 Å². The molecule has 0 aliphatic carbocycles. The molecule has 1 N–H and O–H groups in total. The van der Waals surface area contributed by atoms with Crippen LogP contribution in [0, 0.1) is 0 Å². The van der Waals surface area contributed by atoms with Gasteiger partial charge in [0, 0.05) is 14.2 Å². The summed E-state index contributed by atoms with van der Waals surface area (Å²) in [6.07, 6.45) is 0.